The number of aryl methyl sites for hydroxylation is 1. The number of carboxylic acids is 1. The monoisotopic (exact) mass is 394 g/mol. The van der Waals surface area contributed by atoms with Crippen molar-refractivity contribution < 1.29 is 9.90 Å². The van der Waals surface area contributed by atoms with Crippen LogP contribution in [0.2, 0.25) is 5.02 Å². The Labute approximate surface area is 164 Å². The van der Waals surface area contributed by atoms with Crippen molar-refractivity contribution in [2.24, 2.45) is 0 Å². The van der Waals surface area contributed by atoms with Crippen molar-refractivity contribution in [1.82, 2.24) is 20.0 Å². The molecule has 0 amide bonds. The molecule has 0 aliphatic carbocycles. The van der Waals surface area contributed by atoms with E-state index in [9.17, 15) is 9.59 Å². The van der Waals surface area contributed by atoms with Crippen molar-refractivity contribution in [2.45, 2.75) is 13.5 Å². The van der Waals surface area contributed by atoms with Crippen molar-refractivity contribution in [2.75, 3.05) is 0 Å². The Morgan fingerprint density at radius 2 is 1.96 bits per heavy atom. The minimum Gasteiger partial charge on any atom is -0.477 e. The number of carbonyl (C=O) groups is 1. The summed E-state index contributed by atoms with van der Waals surface area (Å²) in [5.74, 6) is -1.29. The van der Waals surface area contributed by atoms with Crippen LogP contribution in [0.3, 0.4) is 0 Å². The van der Waals surface area contributed by atoms with Crippen LogP contribution >= 0.6 is 11.6 Å². The maximum absolute atomic E-state index is 12.1. The second-order valence-electron chi connectivity index (χ2n) is 6.51. The Balaban J connectivity index is 1.74. The number of nitrogens with zero attached hydrogens (tertiary/aromatic N) is 3. The highest BCUT2D eigenvalue weighted by Gasteiger charge is 2.14. The van der Waals surface area contributed by atoms with Gasteiger partial charge in [-0.05, 0) is 30.7 Å². The molecular formula is C20H15ClN4O3. The van der Waals surface area contributed by atoms with Crippen molar-refractivity contribution in [1.29, 1.82) is 0 Å². The zero-order valence-corrected chi connectivity index (χ0v) is 15.6. The van der Waals surface area contributed by atoms with Gasteiger partial charge in [-0.25, -0.2) is 9.48 Å². The molecular weight excluding hydrogens is 380 g/mol. The van der Waals surface area contributed by atoms with E-state index in [1.807, 2.05) is 31.2 Å². The second kappa shape index (κ2) is 6.94. The number of aromatic amines is 1. The Kier molecular flexibility index (Phi) is 4.44. The number of rotatable bonds is 4. The molecule has 8 heteroatoms. The number of hydrogen-bond acceptors (Lipinski definition) is 4. The summed E-state index contributed by atoms with van der Waals surface area (Å²) < 4.78 is 1.64. The van der Waals surface area contributed by atoms with Crippen molar-refractivity contribution in [3.8, 4) is 11.3 Å². The topological polar surface area (TPSA) is 101 Å². The van der Waals surface area contributed by atoms with Gasteiger partial charge in [0.1, 0.15) is 11.3 Å². The molecule has 2 N–H and O–H groups in total. The SMILES string of the molecule is Cc1ccc(-c2cn(Cc3cc(Cl)cc4cc(C(=O)O)c(=O)[nH]c34)nn2)cc1. The van der Waals surface area contributed by atoms with E-state index in [0.29, 0.717) is 28.0 Å². The lowest BCUT2D eigenvalue weighted by Crippen LogP contribution is -2.17. The van der Waals surface area contributed by atoms with E-state index in [0.717, 1.165) is 16.8 Å². The number of aromatic carboxylic acids is 1. The predicted octanol–water partition coefficient (Wildman–Crippen LogP) is 3.49. The summed E-state index contributed by atoms with van der Waals surface area (Å²) in [6.45, 7) is 2.33. The molecule has 0 aliphatic rings. The normalized spacial score (nSPS) is 11.1. The first kappa shape index (κ1) is 17.9. The van der Waals surface area contributed by atoms with Crippen LogP contribution in [-0.2, 0) is 6.54 Å². The average Bonchev–Trinajstić information content (AvgIpc) is 3.10. The van der Waals surface area contributed by atoms with Crippen LogP contribution in [0.15, 0.2) is 53.5 Å². The van der Waals surface area contributed by atoms with Gasteiger partial charge in [-0.15, -0.1) is 5.10 Å². The molecule has 0 unspecified atom stereocenters. The van der Waals surface area contributed by atoms with Gasteiger partial charge >= 0.3 is 5.97 Å². The number of pyridine rings is 1. The summed E-state index contributed by atoms with van der Waals surface area (Å²) in [6, 6.07) is 12.6. The fraction of sp³-hybridized carbons (Fsp3) is 0.100. The standard InChI is InChI=1S/C20H15ClN4O3/c1-11-2-4-12(5-3-11)17-10-25(24-23-17)9-14-7-15(21)6-13-8-16(20(27)28)19(26)22-18(13)14/h2-8,10H,9H2,1H3,(H,22,26)(H,27,28). The van der Waals surface area contributed by atoms with Crippen LogP contribution < -0.4 is 5.56 Å². The minimum absolute atomic E-state index is 0.318. The van der Waals surface area contributed by atoms with E-state index in [-0.39, 0.29) is 5.56 Å². The molecule has 4 rings (SSSR count). The molecule has 0 saturated carbocycles. The summed E-state index contributed by atoms with van der Waals surface area (Å²) >= 11 is 6.19. The van der Waals surface area contributed by atoms with Crippen LogP contribution in [0.4, 0.5) is 0 Å². The first-order valence-corrected chi connectivity index (χ1v) is 8.84. The lowest BCUT2D eigenvalue weighted by Gasteiger charge is -2.08. The van der Waals surface area contributed by atoms with Crippen molar-refractivity contribution in [3.63, 3.8) is 0 Å². The molecule has 0 saturated heterocycles. The molecule has 2 heterocycles. The molecule has 0 spiro atoms. The molecule has 7 nitrogen and oxygen atoms in total. The third-order valence-corrected chi connectivity index (χ3v) is 4.67. The molecule has 4 aromatic rings. The maximum Gasteiger partial charge on any atom is 0.341 e. The fourth-order valence-corrected chi connectivity index (χ4v) is 3.29. The van der Waals surface area contributed by atoms with Crippen LogP contribution in [0.5, 0.6) is 0 Å². The van der Waals surface area contributed by atoms with E-state index in [1.54, 1.807) is 23.0 Å². The third-order valence-electron chi connectivity index (χ3n) is 4.45. The molecule has 0 aliphatic heterocycles. The van der Waals surface area contributed by atoms with E-state index in [4.69, 9.17) is 16.7 Å². The molecule has 2 aromatic carbocycles. The van der Waals surface area contributed by atoms with Gasteiger partial charge in [0.2, 0.25) is 0 Å². The summed E-state index contributed by atoms with van der Waals surface area (Å²) in [5.41, 5.74) is 3.07. The minimum atomic E-state index is -1.29. The molecule has 0 bridgehead atoms. The van der Waals surface area contributed by atoms with Crippen molar-refractivity contribution in [3.05, 3.63) is 80.7 Å². The van der Waals surface area contributed by atoms with Gasteiger partial charge in [-0.3, -0.25) is 4.79 Å². The number of H-pyrrole nitrogens is 1. The number of nitrogens with one attached hydrogen (secondary N) is 1. The molecule has 0 atom stereocenters. The first-order valence-electron chi connectivity index (χ1n) is 8.46. The molecule has 2 aromatic heterocycles. The van der Waals surface area contributed by atoms with Gasteiger partial charge in [0, 0.05) is 16.0 Å². The van der Waals surface area contributed by atoms with Gasteiger partial charge in [-0.1, -0.05) is 46.6 Å². The highest BCUT2D eigenvalue weighted by Crippen LogP contribution is 2.24. The third kappa shape index (κ3) is 3.39. The van der Waals surface area contributed by atoms with E-state index >= 15 is 0 Å². The lowest BCUT2D eigenvalue weighted by molar-refractivity contribution is 0.0695. The summed E-state index contributed by atoms with van der Waals surface area (Å²) in [5, 5.41) is 18.5. The zero-order valence-electron chi connectivity index (χ0n) is 14.8. The summed E-state index contributed by atoms with van der Waals surface area (Å²) in [7, 11) is 0. The van der Waals surface area contributed by atoms with Gasteiger partial charge in [0.05, 0.1) is 18.3 Å². The van der Waals surface area contributed by atoms with Crippen LogP contribution in [-0.4, -0.2) is 31.1 Å². The molecule has 0 radical (unpaired) electrons. The van der Waals surface area contributed by atoms with Crippen LogP contribution in [0.1, 0.15) is 21.5 Å². The fourth-order valence-electron chi connectivity index (χ4n) is 3.04. The molecule has 28 heavy (non-hydrogen) atoms. The smallest absolute Gasteiger partial charge is 0.341 e. The second-order valence-corrected chi connectivity index (χ2v) is 6.95. The summed E-state index contributed by atoms with van der Waals surface area (Å²) in [6.07, 6.45) is 1.81. The zero-order chi connectivity index (χ0) is 19.8. The Bertz CT molecular complexity index is 1260. The number of fused-ring (bicyclic) bond motifs is 1. The quantitative estimate of drug-likeness (QED) is 0.551. The van der Waals surface area contributed by atoms with E-state index < -0.39 is 11.5 Å². The van der Waals surface area contributed by atoms with Crippen LogP contribution in [0, 0.1) is 6.92 Å². The van der Waals surface area contributed by atoms with Gasteiger partial charge in [0.15, 0.2) is 0 Å². The number of benzene rings is 2. The molecule has 140 valence electrons. The Morgan fingerprint density at radius 3 is 2.68 bits per heavy atom. The highest BCUT2D eigenvalue weighted by atomic mass is 35.5. The average molecular weight is 395 g/mol. The van der Waals surface area contributed by atoms with E-state index in [2.05, 4.69) is 15.3 Å². The Morgan fingerprint density at radius 1 is 1.21 bits per heavy atom. The van der Waals surface area contributed by atoms with Gasteiger partial charge < -0.3 is 10.1 Å². The van der Waals surface area contributed by atoms with Crippen LogP contribution in [0.25, 0.3) is 22.2 Å². The van der Waals surface area contributed by atoms with Gasteiger partial charge in [0.25, 0.3) is 5.56 Å². The van der Waals surface area contributed by atoms with Crippen molar-refractivity contribution >= 4 is 28.5 Å². The number of hydrogen-bond donors (Lipinski definition) is 2. The van der Waals surface area contributed by atoms with E-state index in [1.165, 1.54) is 6.07 Å². The predicted molar refractivity (Wildman–Crippen MR) is 106 cm³/mol. The number of carboxylic acid groups (broad SMARTS) is 1. The maximum atomic E-state index is 12.1. The highest BCUT2D eigenvalue weighted by molar-refractivity contribution is 6.31. The largest absolute Gasteiger partial charge is 0.477 e. The van der Waals surface area contributed by atoms with Gasteiger partial charge in [-0.2, -0.15) is 0 Å². The first-order chi connectivity index (χ1) is 13.4. The number of halogens is 1. The molecule has 0 fully saturated rings. The number of aromatic nitrogens is 4. The Hall–Kier alpha value is -3.45. The summed E-state index contributed by atoms with van der Waals surface area (Å²) in [4.78, 5) is 25.9. The lowest BCUT2D eigenvalue weighted by atomic mass is 10.1.